The average Bonchev–Trinajstić information content (AvgIpc) is 2.48. The lowest BCUT2D eigenvalue weighted by molar-refractivity contribution is -0.123. The molecule has 1 heterocycles. The monoisotopic (exact) mass is 333 g/mol. The maximum atomic E-state index is 12.4. The second kappa shape index (κ2) is 5.75. The van der Waals surface area contributed by atoms with Gasteiger partial charge in [0.2, 0.25) is 5.91 Å². The SMILES string of the molecule is CN(CC(=O)Nc1cccnc1Cl)C12CC3CC(CC(C3)C1)C2. The number of carbonyl (C=O) groups excluding carboxylic acids is 1. The first-order valence-corrected chi connectivity index (χ1v) is 9.03. The van der Waals surface area contributed by atoms with E-state index in [4.69, 9.17) is 11.6 Å². The van der Waals surface area contributed by atoms with E-state index < -0.39 is 0 Å². The number of anilines is 1. The first-order chi connectivity index (χ1) is 11.0. The van der Waals surface area contributed by atoms with E-state index in [9.17, 15) is 4.79 Å². The minimum Gasteiger partial charge on any atom is -0.322 e. The Labute approximate surface area is 142 Å². The third-order valence-electron chi connectivity index (χ3n) is 6.23. The Balaban J connectivity index is 1.43. The van der Waals surface area contributed by atoms with Crippen LogP contribution in [0.4, 0.5) is 5.69 Å². The Kier molecular flexibility index (Phi) is 3.85. The fraction of sp³-hybridized carbons (Fsp3) is 0.667. The number of likely N-dealkylation sites (N-methyl/N-ethyl adjacent to an activating group) is 1. The van der Waals surface area contributed by atoms with E-state index in [0.717, 1.165) is 17.8 Å². The van der Waals surface area contributed by atoms with Crippen LogP contribution in [-0.2, 0) is 4.79 Å². The van der Waals surface area contributed by atoms with Crippen molar-refractivity contribution in [2.45, 2.75) is 44.1 Å². The van der Waals surface area contributed by atoms with E-state index in [0.29, 0.717) is 17.4 Å². The van der Waals surface area contributed by atoms with Crippen molar-refractivity contribution in [3.8, 4) is 0 Å². The molecular formula is C18H24ClN3O. The fourth-order valence-corrected chi connectivity index (χ4v) is 5.75. The summed E-state index contributed by atoms with van der Waals surface area (Å²) in [4.78, 5) is 18.7. The Hall–Kier alpha value is -1.13. The van der Waals surface area contributed by atoms with Gasteiger partial charge in [0.1, 0.15) is 0 Å². The zero-order valence-electron chi connectivity index (χ0n) is 13.6. The Bertz CT molecular complexity index is 583. The van der Waals surface area contributed by atoms with Crippen LogP contribution in [0.2, 0.25) is 5.15 Å². The molecule has 5 heteroatoms. The van der Waals surface area contributed by atoms with Crippen LogP contribution in [0.25, 0.3) is 0 Å². The molecule has 0 saturated heterocycles. The molecule has 1 N–H and O–H groups in total. The summed E-state index contributed by atoms with van der Waals surface area (Å²) in [6, 6.07) is 3.57. The molecule has 4 aliphatic rings. The van der Waals surface area contributed by atoms with Crippen molar-refractivity contribution in [3.63, 3.8) is 0 Å². The fourth-order valence-electron chi connectivity index (χ4n) is 5.58. The first kappa shape index (κ1) is 15.4. The molecule has 0 atom stereocenters. The van der Waals surface area contributed by atoms with E-state index in [1.165, 1.54) is 38.5 Å². The highest BCUT2D eigenvalue weighted by Gasteiger charge is 2.52. The zero-order chi connectivity index (χ0) is 16.0. The van der Waals surface area contributed by atoms with Crippen molar-refractivity contribution in [3.05, 3.63) is 23.5 Å². The molecule has 1 amide bonds. The van der Waals surface area contributed by atoms with Crippen molar-refractivity contribution in [2.75, 3.05) is 18.9 Å². The van der Waals surface area contributed by atoms with Crippen molar-refractivity contribution >= 4 is 23.2 Å². The number of carbonyl (C=O) groups is 1. The summed E-state index contributed by atoms with van der Waals surface area (Å²) >= 11 is 6.02. The molecule has 4 saturated carbocycles. The maximum Gasteiger partial charge on any atom is 0.238 e. The van der Waals surface area contributed by atoms with Gasteiger partial charge in [0.05, 0.1) is 12.2 Å². The molecule has 0 aliphatic heterocycles. The van der Waals surface area contributed by atoms with Gasteiger partial charge in [-0.05, 0) is 75.5 Å². The summed E-state index contributed by atoms with van der Waals surface area (Å²) in [6.07, 6.45) is 9.71. The predicted octanol–water partition coefficient (Wildman–Crippen LogP) is 3.57. The van der Waals surface area contributed by atoms with E-state index in [2.05, 4.69) is 22.2 Å². The Morgan fingerprint density at radius 2 is 1.91 bits per heavy atom. The molecule has 4 fully saturated rings. The number of pyridine rings is 1. The van der Waals surface area contributed by atoms with Gasteiger partial charge in [-0.3, -0.25) is 9.69 Å². The molecule has 5 rings (SSSR count). The molecule has 23 heavy (non-hydrogen) atoms. The quantitative estimate of drug-likeness (QED) is 0.857. The molecule has 4 nitrogen and oxygen atoms in total. The largest absolute Gasteiger partial charge is 0.322 e. The minimum atomic E-state index is -0.00172. The normalized spacial score (nSPS) is 34.8. The number of aromatic nitrogens is 1. The average molecular weight is 334 g/mol. The van der Waals surface area contributed by atoms with Gasteiger partial charge in [0.25, 0.3) is 0 Å². The van der Waals surface area contributed by atoms with Crippen molar-refractivity contribution < 1.29 is 4.79 Å². The summed E-state index contributed by atoms with van der Waals surface area (Å²) in [5.74, 6) is 2.66. The number of amides is 1. The summed E-state index contributed by atoms with van der Waals surface area (Å²) in [6.45, 7) is 0.428. The van der Waals surface area contributed by atoms with E-state index in [1.54, 1.807) is 18.3 Å². The van der Waals surface area contributed by atoms with Crippen LogP contribution in [-0.4, -0.2) is 34.9 Å². The predicted molar refractivity (Wildman–Crippen MR) is 91.4 cm³/mol. The summed E-state index contributed by atoms with van der Waals surface area (Å²) < 4.78 is 0. The van der Waals surface area contributed by atoms with Gasteiger partial charge < -0.3 is 5.32 Å². The summed E-state index contributed by atoms with van der Waals surface area (Å²) in [7, 11) is 2.12. The van der Waals surface area contributed by atoms with Crippen molar-refractivity contribution in [1.29, 1.82) is 0 Å². The third kappa shape index (κ3) is 2.87. The van der Waals surface area contributed by atoms with Crippen LogP contribution in [0, 0.1) is 17.8 Å². The van der Waals surface area contributed by atoms with Crippen LogP contribution < -0.4 is 5.32 Å². The molecule has 0 aromatic carbocycles. The van der Waals surface area contributed by atoms with Gasteiger partial charge in [-0.2, -0.15) is 0 Å². The third-order valence-corrected chi connectivity index (χ3v) is 6.53. The van der Waals surface area contributed by atoms with Gasteiger partial charge in [-0.1, -0.05) is 11.6 Å². The second-order valence-electron chi connectivity index (χ2n) is 7.89. The highest BCUT2D eigenvalue weighted by molar-refractivity contribution is 6.32. The van der Waals surface area contributed by atoms with Crippen LogP contribution >= 0.6 is 11.6 Å². The molecule has 124 valence electrons. The van der Waals surface area contributed by atoms with Crippen LogP contribution in [0.3, 0.4) is 0 Å². The number of halogens is 1. The Morgan fingerprint density at radius 3 is 2.48 bits per heavy atom. The lowest BCUT2D eigenvalue weighted by Crippen LogP contribution is -2.59. The zero-order valence-corrected chi connectivity index (χ0v) is 14.4. The lowest BCUT2D eigenvalue weighted by Gasteiger charge is -2.59. The standard InChI is InChI=1S/C18H24ClN3O/c1-22(11-16(23)21-15-3-2-4-20-17(15)19)18-8-12-5-13(9-18)7-14(6-12)10-18/h2-4,12-14H,5-11H2,1H3,(H,21,23). The van der Waals surface area contributed by atoms with E-state index >= 15 is 0 Å². The molecule has 0 spiro atoms. The number of hydrogen-bond acceptors (Lipinski definition) is 3. The van der Waals surface area contributed by atoms with Crippen molar-refractivity contribution in [2.24, 2.45) is 17.8 Å². The molecule has 0 unspecified atom stereocenters. The topological polar surface area (TPSA) is 45.2 Å². The van der Waals surface area contributed by atoms with Gasteiger partial charge in [-0.25, -0.2) is 4.98 Å². The summed E-state index contributed by atoms with van der Waals surface area (Å²) in [5.41, 5.74) is 0.850. The minimum absolute atomic E-state index is 0.00172. The molecule has 4 bridgehead atoms. The van der Waals surface area contributed by atoms with Gasteiger partial charge in [0.15, 0.2) is 5.15 Å². The van der Waals surface area contributed by atoms with Crippen LogP contribution in [0.5, 0.6) is 0 Å². The smallest absolute Gasteiger partial charge is 0.238 e. The number of nitrogens with one attached hydrogen (secondary N) is 1. The molecule has 1 aromatic rings. The molecular weight excluding hydrogens is 310 g/mol. The maximum absolute atomic E-state index is 12.4. The van der Waals surface area contributed by atoms with Gasteiger partial charge in [0, 0.05) is 11.7 Å². The number of nitrogens with zero attached hydrogens (tertiary/aromatic N) is 2. The lowest BCUT2D eigenvalue weighted by atomic mass is 9.52. The number of hydrogen-bond donors (Lipinski definition) is 1. The highest BCUT2D eigenvalue weighted by atomic mass is 35.5. The van der Waals surface area contributed by atoms with Gasteiger partial charge >= 0.3 is 0 Å². The first-order valence-electron chi connectivity index (χ1n) is 8.66. The van der Waals surface area contributed by atoms with E-state index in [-0.39, 0.29) is 11.4 Å². The van der Waals surface area contributed by atoms with Gasteiger partial charge in [-0.15, -0.1) is 0 Å². The van der Waals surface area contributed by atoms with E-state index in [1.807, 2.05) is 0 Å². The highest BCUT2D eigenvalue weighted by Crippen LogP contribution is 2.57. The van der Waals surface area contributed by atoms with Crippen LogP contribution in [0.1, 0.15) is 38.5 Å². The second-order valence-corrected chi connectivity index (χ2v) is 8.25. The molecule has 1 aromatic heterocycles. The number of rotatable bonds is 4. The molecule has 0 radical (unpaired) electrons. The summed E-state index contributed by atoms with van der Waals surface area (Å²) in [5, 5.41) is 3.24. The van der Waals surface area contributed by atoms with Crippen molar-refractivity contribution in [1.82, 2.24) is 9.88 Å². The Morgan fingerprint density at radius 1 is 1.30 bits per heavy atom. The van der Waals surface area contributed by atoms with Crippen LogP contribution in [0.15, 0.2) is 18.3 Å². The molecule has 4 aliphatic carbocycles.